The number of rotatable bonds is 8. The third-order valence-corrected chi connectivity index (χ3v) is 7.88. The van der Waals surface area contributed by atoms with Crippen molar-refractivity contribution in [3.05, 3.63) is 121 Å². The normalized spacial score (nSPS) is 11.3. The number of carbonyl (C=O) groups is 1. The largest absolute Gasteiger partial charge is 0.497 e. The zero-order valence-electron chi connectivity index (χ0n) is 29.7. The third kappa shape index (κ3) is 8.01. The van der Waals surface area contributed by atoms with Gasteiger partial charge >= 0.3 is 6.09 Å². The van der Waals surface area contributed by atoms with Gasteiger partial charge < -0.3 is 14.2 Å². The summed E-state index contributed by atoms with van der Waals surface area (Å²) in [5, 5.41) is 10.8. The number of imidazole rings is 2. The Morgan fingerprint density at radius 1 is 0.698 bits per heavy atom. The lowest BCUT2D eigenvalue weighted by Gasteiger charge is -2.18. The lowest BCUT2D eigenvalue weighted by atomic mass is 10.2. The summed E-state index contributed by atoms with van der Waals surface area (Å²) in [5.41, 5.74) is 6.08. The Balaban J connectivity index is 0.000000170. The summed E-state index contributed by atoms with van der Waals surface area (Å²) in [5.74, 6) is 2.92. The van der Waals surface area contributed by atoms with Gasteiger partial charge in [0.05, 0.1) is 39.0 Å². The van der Waals surface area contributed by atoms with E-state index < -0.39 is 11.7 Å². The standard InChI is InChI=1S/C21H22N6O3.C16H14N6O/c1-21(2,3)30-20(28)27-12-14(10-24-27)9-18-22-11-17-19(25-18)26(13-23-17)15-5-7-16(29-4)8-6-15;1-23-13-4-2-12(3-5-13)22-10-18-14-9-17-15(21-16(14)22)6-11-7-19-20-8-11/h5-8,10-13H,9H2,1-4H3;2-5,7-10H,6H2,1H3,(H,19,20). The predicted octanol–water partition coefficient (Wildman–Crippen LogP) is 5.53. The van der Waals surface area contributed by atoms with Crippen molar-refractivity contribution in [2.75, 3.05) is 14.2 Å². The maximum atomic E-state index is 12.1. The minimum Gasteiger partial charge on any atom is -0.497 e. The van der Waals surface area contributed by atoms with E-state index in [4.69, 9.17) is 14.2 Å². The van der Waals surface area contributed by atoms with E-state index in [-0.39, 0.29) is 0 Å². The first-order valence-electron chi connectivity index (χ1n) is 16.6. The van der Waals surface area contributed by atoms with Gasteiger partial charge in [0.25, 0.3) is 0 Å². The summed E-state index contributed by atoms with van der Waals surface area (Å²) < 4.78 is 20.7. The summed E-state index contributed by atoms with van der Waals surface area (Å²) in [6.07, 6.45) is 14.3. The van der Waals surface area contributed by atoms with Crippen LogP contribution in [-0.2, 0) is 17.6 Å². The quantitative estimate of drug-likeness (QED) is 0.209. The third-order valence-electron chi connectivity index (χ3n) is 7.88. The van der Waals surface area contributed by atoms with Crippen LogP contribution in [0.4, 0.5) is 4.79 Å². The molecule has 0 aliphatic heterocycles. The summed E-state index contributed by atoms with van der Waals surface area (Å²) in [7, 11) is 3.28. The number of aromatic nitrogens is 12. The van der Waals surface area contributed by atoms with Crippen LogP contribution in [0.3, 0.4) is 0 Å². The molecule has 8 rings (SSSR count). The molecule has 16 nitrogen and oxygen atoms in total. The molecule has 53 heavy (non-hydrogen) atoms. The molecule has 0 amide bonds. The number of H-pyrrole nitrogens is 1. The highest BCUT2D eigenvalue weighted by molar-refractivity contribution is 5.73. The van der Waals surface area contributed by atoms with Crippen molar-refractivity contribution < 1.29 is 19.0 Å². The van der Waals surface area contributed by atoms with Crippen LogP contribution in [0, 0.1) is 0 Å². The van der Waals surface area contributed by atoms with E-state index >= 15 is 0 Å². The number of carbonyl (C=O) groups excluding carboxylic acids is 1. The highest BCUT2D eigenvalue weighted by Gasteiger charge is 2.19. The van der Waals surface area contributed by atoms with Crippen LogP contribution in [0.2, 0.25) is 0 Å². The second-order valence-electron chi connectivity index (χ2n) is 12.8. The monoisotopic (exact) mass is 712 g/mol. The molecule has 0 atom stereocenters. The Hall–Kier alpha value is -6.97. The lowest BCUT2D eigenvalue weighted by Crippen LogP contribution is -2.27. The molecule has 2 aromatic carbocycles. The minimum absolute atomic E-state index is 0.423. The van der Waals surface area contributed by atoms with Crippen LogP contribution in [0.15, 0.2) is 98.4 Å². The number of nitrogens with one attached hydrogen (secondary N) is 1. The second-order valence-corrected chi connectivity index (χ2v) is 12.8. The number of hydrogen-bond acceptors (Lipinski definition) is 12. The Morgan fingerprint density at radius 3 is 1.70 bits per heavy atom. The lowest BCUT2D eigenvalue weighted by molar-refractivity contribution is 0.0514. The molecule has 268 valence electrons. The predicted molar refractivity (Wildman–Crippen MR) is 194 cm³/mol. The molecule has 1 N–H and O–H groups in total. The summed E-state index contributed by atoms with van der Waals surface area (Å²) in [6, 6.07) is 15.4. The van der Waals surface area contributed by atoms with Crippen LogP contribution in [0.25, 0.3) is 33.7 Å². The van der Waals surface area contributed by atoms with Gasteiger partial charge in [0.15, 0.2) is 11.3 Å². The molecular weight excluding hydrogens is 676 g/mol. The molecule has 6 heterocycles. The molecule has 0 spiro atoms. The molecule has 0 saturated heterocycles. The number of fused-ring (bicyclic) bond motifs is 2. The number of ether oxygens (including phenoxy) is 3. The number of nitrogens with zero attached hydrogens (tertiary/aromatic N) is 11. The number of aromatic amines is 1. The summed E-state index contributed by atoms with van der Waals surface area (Å²) in [6.45, 7) is 5.43. The smallest absolute Gasteiger partial charge is 0.435 e. The van der Waals surface area contributed by atoms with Crippen LogP contribution in [0.5, 0.6) is 11.5 Å². The number of hydrogen-bond donors (Lipinski definition) is 1. The molecule has 0 fully saturated rings. The van der Waals surface area contributed by atoms with Gasteiger partial charge in [0, 0.05) is 36.6 Å². The van der Waals surface area contributed by atoms with Gasteiger partial charge in [-0.1, -0.05) is 0 Å². The van der Waals surface area contributed by atoms with E-state index in [2.05, 4.69) is 45.2 Å². The fourth-order valence-corrected chi connectivity index (χ4v) is 5.32. The maximum Gasteiger partial charge on any atom is 0.435 e. The molecule has 0 aliphatic rings. The van der Waals surface area contributed by atoms with Gasteiger partial charge in [0.2, 0.25) is 0 Å². The Bertz CT molecular complexity index is 2460. The van der Waals surface area contributed by atoms with Gasteiger partial charge in [-0.15, -0.1) is 0 Å². The van der Waals surface area contributed by atoms with Crippen molar-refractivity contribution >= 4 is 28.4 Å². The fraction of sp³-hybridized carbons (Fsp3) is 0.216. The molecule has 0 saturated carbocycles. The Kier molecular flexibility index (Phi) is 9.57. The van der Waals surface area contributed by atoms with Gasteiger partial charge in [-0.3, -0.25) is 14.2 Å². The molecule has 16 heteroatoms. The second kappa shape index (κ2) is 14.7. The first-order valence-corrected chi connectivity index (χ1v) is 16.6. The van der Waals surface area contributed by atoms with E-state index in [9.17, 15) is 4.79 Å². The first-order chi connectivity index (χ1) is 25.7. The van der Waals surface area contributed by atoms with Crippen molar-refractivity contribution in [3.8, 4) is 22.9 Å². The van der Waals surface area contributed by atoms with Crippen molar-refractivity contribution in [3.63, 3.8) is 0 Å². The van der Waals surface area contributed by atoms with Gasteiger partial charge in [-0.2, -0.15) is 14.9 Å². The topological polar surface area (TPSA) is 178 Å². The first kappa shape index (κ1) is 34.5. The molecule has 6 aromatic heterocycles. The van der Waals surface area contributed by atoms with Crippen LogP contribution >= 0.6 is 0 Å². The van der Waals surface area contributed by atoms with Crippen molar-refractivity contribution in [1.82, 2.24) is 59.0 Å². The van der Waals surface area contributed by atoms with Gasteiger partial charge in [0.1, 0.15) is 52.4 Å². The SMILES string of the molecule is COc1ccc(-n2cnc3cnc(Cc4cn[nH]c4)nc32)cc1.COc1ccc(-n2cnc3cnc(Cc4cnn(C(=O)OC(C)(C)C)c4)nc32)cc1. The van der Waals surface area contributed by atoms with E-state index in [1.165, 1.54) is 4.68 Å². The van der Waals surface area contributed by atoms with Crippen LogP contribution in [-0.4, -0.2) is 84.9 Å². The van der Waals surface area contributed by atoms with Gasteiger partial charge in [-0.25, -0.2) is 34.7 Å². The van der Waals surface area contributed by atoms with E-state index in [1.54, 1.807) is 57.9 Å². The Morgan fingerprint density at radius 2 is 1.23 bits per heavy atom. The summed E-state index contributed by atoms with van der Waals surface area (Å²) >= 11 is 0. The molecule has 0 bridgehead atoms. The van der Waals surface area contributed by atoms with Crippen molar-refractivity contribution in [1.29, 1.82) is 0 Å². The number of methoxy groups -OCH3 is 2. The Labute approximate surface area is 303 Å². The van der Waals surface area contributed by atoms with Gasteiger partial charge in [-0.05, 0) is 80.4 Å². The highest BCUT2D eigenvalue weighted by Crippen LogP contribution is 2.21. The molecular formula is C37H36N12O4. The number of benzene rings is 2. The zero-order valence-corrected chi connectivity index (χ0v) is 29.7. The fourth-order valence-electron chi connectivity index (χ4n) is 5.32. The zero-order chi connectivity index (χ0) is 37.0. The van der Waals surface area contributed by atoms with E-state index in [0.29, 0.717) is 29.8 Å². The van der Waals surface area contributed by atoms with E-state index in [1.807, 2.05) is 84.6 Å². The van der Waals surface area contributed by atoms with Crippen molar-refractivity contribution in [2.24, 2.45) is 0 Å². The van der Waals surface area contributed by atoms with Crippen LogP contribution in [0.1, 0.15) is 43.5 Å². The average molecular weight is 713 g/mol. The molecule has 0 unspecified atom stereocenters. The van der Waals surface area contributed by atoms with E-state index in [0.717, 1.165) is 51.0 Å². The molecule has 8 aromatic rings. The van der Waals surface area contributed by atoms with Crippen molar-refractivity contribution in [2.45, 2.75) is 39.2 Å². The molecule has 0 aliphatic carbocycles. The average Bonchev–Trinajstić information content (AvgIpc) is 3.99. The molecule has 0 radical (unpaired) electrons. The maximum absolute atomic E-state index is 12.1. The minimum atomic E-state index is -0.586. The summed E-state index contributed by atoms with van der Waals surface area (Å²) in [4.78, 5) is 39.0. The van der Waals surface area contributed by atoms with Crippen LogP contribution < -0.4 is 9.47 Å². The highest BCUT2D eigenvalue weighted by atomic mass is 16.6.